The lowest BCUT2D eigenvalue weighted by Crippen LogP contribution is -2.13. The zero-order valence-corrected chi connectivity index (χ0v) is 17.4. The van der Waals surface area contributed by atoms with Crippen molar-refractivity contribution in [1.29, 1.82) is 0 Å². The Labute approximate surface area is 175 Å². The van der Waals surface area contributed by atoms with Gasteiger partial charge in [0, 0.05) is 36.8 Å². The maximum absolute atomic E-state index is 12.7. The summed E-state index contributed by atoms with van der Waals surface area (Å²) >= 11 is 0. The van der Waals surface area contributed by atoms with Gasteiger partial charge in [-0.15, -0.1) is 10.2 Å². The van der Waals surface area contributed by atoms with E-state index in [2.05, 4.69) is 24.8 Å². The predicted octanol–water partition coefficient (Wildman–Crippen LogP) is 3.43. The van der Waals surface area contributed by atoms with Crippen molar-refractivity contribution >= 4 is 27.3 Å². The molecule has 0 saturated heterocycles. The number of amides is 1. The summed E-state index contributed by atoms with van der Waals surface area (Å²) in [4.78, 5) is 11.2. The summed E-state index contributed by atoms with van der Waals surface area (Å²) in [5.74, 6) is 1.61. The molecular weight excluding hydrogens is 402 g/mol. The number of anilines is 2. The Kier molecular flexibility index (Phi) is 5.54. The highest BCUT2D eigenvalue weighted by Gasteiger charge is 2.17. The molecule has 0 aliphatic carbocycles. The van der Waals surface area contributed by atoms with E-state index in [4.69, 9.17) is 0 Å². The first kappa shape index (κ1) is 20.1. The second kappa shape index (κ2) is 8.27. The fourth-order valence-corrected chi connectivity index (χ4v) is 4.58. The summed E-state index contributed by atoms with van der Waals surface area (Å²) in [5.41, 5.74) is 1.90. The number of nitrogens with one attached hydrogen (secondary N) is 2. The molecule has 8 nitrogen and oxygen atoms in total. The number of carbonyl (C=O) groups is 1. The molecule has 0 atom stereocenters. The van der Waals surface area contributed by atoms with Gasteiger partial charge < -0.3 is 9.88 Å². The van der Waals surface area contributed by atoms with Crippen LogP contribution in [0.1, 0.15) is 32.0 Å². The van der Waals surface area contributed by atoms with Gasteiger partial charge in [0.2, 0.25) is 5.91 Å². The summed E-state index contributed by atoms with van der Waals surface area (Å²) in [6.07, 6.45) is 4.36. The van der Waals surface area contributed by atoms with Crippen LogP contribution in [0.4, 0.5) is 11.4 Å². The average Bonchev–Trinajstić information content (AvgIpc) is 2.96. The lowest BCUT2D eigenvalue weighted by atomic mass is 10.2. The topological polar surface area (TPSA) is 106 Å². The van der Waals surface area contributed by atoms with E-state index in [9.17, 15) is 13.2 Å². The molecule has 0 unspecified atom stereocenters. The number of hydrogen-bond acceptors (Lipinski definition) is 5. The zero-order chi connectivity index (χ0) is 21.1. The third kappa shape index (κ3) is 4.35. The monoisotopic (exact) mass is 425 g/mol. The molecule has 0 saturated carbocycles. The van der Waals surface area contributed by atoms with Crippen LogP contribution in [0.5, 0.6) is 0 Å². The van der Waals surface area contributed by atoms with E-state index >= 15 is 0 Å². The molecule has 1 aliphatic rings. The second-order valence-electron chi connectivity index (χ2n) is 7.29. The molecule has 2 aromatic carbocycles. The fourth-order valence-electron chi connectivity index (χ4n) is 3.52. The van der Waals surface area contributed by atoms with E-state index < -0.39 is 10.0 Å². The van der Waals surface area contributed by atoms with Crippen LogP contribution in [-0.4, -0.2) is 29.1 Å². The Balaban J connectivity index is 1.51. The van der Waals surface area contributed by atoms with Gasteiger partial charge in [0.05, 0.1) is 4.90 Å². The first-order valence-electron chi connectivity index (χ1n) is 9.85. The average molecular weight is 426 g/mol. The molecule has 1 aliphatic heterocycles. The largest absolute Gasteiger partial charge is 0.326 e. The molecule has 30 heavy (non-hydrogen) atoms. The summed E-state index contributed by atoms with van der Waals surface area (Å²) < 4.78 is 30.0. The number of sulfonamides is 1. The van der Waals surface area contributed by atoms with Gasteiger partial charge in [-0.2, -0.15) is 0 Å². The van der Waals surface area contributed by atoms with Gasteiger partial charge in [-0.1, -0.05) is 6.42 Å². The molecule has 0 fully saturated rings. The standard InChI is InChI=1S/C21H23N5O3S/c1-15(27)22-17-10-12-19(13-11-17)30(28,29)25-18-8-6-16(7-9-18)21-24-23-20-5-3-2-4-14-26(20)21/h6-13,25H,2-5,14H2,1H3,(H,22,27). The van der Waals surface area contributed by atoms with Crippen LogP contribution >= 0.6 is 0 Å². The van der Waals surface area contributed by atoms with E-state index in [0.717, 1.165) is 43.0 Å². The highest BCUT2D eigenvalue weighted by molar-refractivity contribution is 7.92. The van der Waals surface area contributed by atoms with Crippen LogP contribution in [0.2, 0.25) is 0 Å². The van der Waals surface area contributed by atoms with Crippen LogP contribution < -0.4 is 10.0 Å². The SMILES string of the molecule is CC(=O)Nc1ccc(S(=O)(=O)Nc2ccc(-c3nnc4n3CCCCC4)cc2)cc1. The van der Waals surface area contributed by atoms with Crippen molar-refractivity contribution in [3.05, 3.63) is 54.4 Å². The lowest BCUT2D eigenvalue weighted by Gasteiger charge is -2.10. The number of aryl methyl sites for hydroxylation is 1. The zero-order valence-electron chi connectivity index (χ0n) is 16.6. The maximum Gasteiger partial charge on any atom is 0.261 e. The van der Waals surface area contributed by atoms with Crippen molar-refractivity contribution < 1.29 is 13.2 Å². The Morgan fingerprint density at radius 3 is 2.33 bits per heavy atom. The van der Waals surface area contributed by atoms with Gasteiger partial charge in [0.15, 0.2) is 5.82 Å². The molecule has 4 rings (SSSR count). The highest BCUT2D eigenvalue weighted by Crippen LogP contribution is 2.25. The minimum atomic E-state index is -3.74. The molecule has 156 valence electrons. The quantitative estimate of drug-likeness (QED) is 0.651. The van der Waals surface area contributed by atoms with Gasteiger partial charge in [0.1, 0.15) is 5.82 Å². The summed E-state index contributed by atoms with van der Waals surface area (Å²) in [6, 6.07) is 13.1. The van der Waals surface area contributed by atoms with Crippen LogP contribution in [0.3, 0.4) is 0 Å². The molecule has 3 aromatic rings. The molecule has 2 heterocycles. The van der Waals surface area contributed by atoms with E-state index in [0.29, 0.717) is 11.4 Å². The first-order valence-corrected chi connectivity index (χ1v) is 11.3. The van der Waals surface area contributed by atoms with Crippen molar-refractivity contribution in [2.75, 3.05) is 10.0 Å². The Morgan fingerprint density at radius 1 is 0.933 bits per heavy atom. The van der Waals surface area contributed by atoms with Crippen molar-refractivity contribution in [2.24, 2.45) is 0 Å². The van der Waals surface area contributed by atoms with Crippen molar-refractivity contribution in [2.45, 2.75) is 44.0 Å². The normalized spacial score (nSPS) is 13.9. The Bertz CT molecular complexity index is 1150. The third-order valence-electron chi connectivity index (χ3n) is 4.99. The minimum absolute atomic E-state index is 0.114. The van der Waals surface area contributed by atoms with Crippen LogP contribution in [0, 0.1) is 0 Å². The maximum atomic E-state index is 12.7. The molecule has 1 aromatic heterocycles. The Morgan fingerprint density at radius 2 is 1.63 bits per heavy atom. The lowest BCUT2D eigenvalue weighted by molar-refractivity contribution is -0.114. The summed E-state index contributed by atoms with van der Waals surface area (Å²) in [7, 11) is -3.74. The summed E-state index contributed by atoms with van der Waals surface area (Å²) in [6.45, 7) is 2.30. The van der Waals surface area contributed by atoms with Gasteiger partial charge in [-0.3, -0.25) is 9.52 Å². The molecule has 2 N–H and O–H groups in total. The van der Waals surface area contributed by atoms with E-state index in [1.807, 2.05) is 12.1 Å². The predicted molar refractivity (Wildman–Crippen MR) is 115 cm³/mol. The Hall–Kier alpha value is -3.20. The molecule has 0 radical (unpaired) electrons. The number of fused-ring (bicyclic) bond motifs is 1. The number of hydrogen-bond donors (Lipinski definition) is 2. The first-order chi connectivity index (χ1) is 14.4. The van der Waals surface area contributed by atoms with E-state index in [1.54, 1.807) is 24.3 Å². The number of rotatable bonds is 5. The van der Waals surface area contributed by atoms with E-state index in [-0.39, 0.29) is 10.8 Å². The van der Waals surface area contributed by atoms with Gasteiger partial charge >= 0.3 is 0 Å². The van der Waals surface area contributed by atoms with Crippen LogP contribution in [-0.2, 0) is 27.8 Å². The fraction of sp³-hybridized carbons (Fsp3) is 0.286. The van der Waals surface area contributed by atoms with Gasteiger partial charge in [-0.25, -0.2) is 8.42 Å². The number of nitrogens with zero attached hydrogens (tertiary/aromatic N) is 3. The highest BCUT2D eigenvalue weighted by atomic mass is 32.2. The number of carbonyl (C=O) groups excluding carboxylic acids is 1. The molecular formula is C21H23N5O3S. The van der Waals surface area contributed by atoms with Gasteiger partial charge in [-0.05, 0) is 61.4 Å². The smallest absolute Gasteiger partial charge is 0.261 e. The van der Waals surface area contributed by atoms with Crippen molar-refractivity contribution in [1.82, 2.24) is 14.8 Å². The number of aromatic nitrogens is 3. The van der Waals surface area contributed by atoms with Crippen LogP contribution in [0.25, 0.3) is 11.4 Å². The molecule has 1 amide bonds. The number of benzene rings is 2. The van der Waals surface area contributed by atoms with Crippen molar-refractivity contribution in [3.63, 3.8) is 0 Å². The molecule has 9 heteroatoms. The summed E-state index contributed by atoms with van der Waals surface area (Å²) in [5, 5.41) is 11.3. The van der Waals surface area contributed by atoms with Crippen molar-refractivity contribution in [3.8, 4) is 11.4 Å². The molecule has 0 bridgehead atoms. The van der Waals surface area contributed by atoms with E-state index in [1.165, 1.54) is 25.5 Å². The van der Waals surface area contributed by atoms with Crippen LogP contribution in [0.15, 0.2) is 53.4 Å². The van der Waals surface area contributed by atoms with Gasteiger partial charge in [0.25, 0.3) is 10.0 Å². The third-order valence-corrected chi connectivity index (χ3v) is 6.39. The molecule has 0 spiro atoms. The second-order valence-corrected chi connectivity index (χ2v) is 8.97. The minimum Gasteiger partial charge on any atom is -0.326 e.